The van der Waals surface area contributed by atoms with E-state index in [2.05, 4.69) is 28.5 Å². The highest BCUT2D eigenvalue weighted by atomic mass is 16.5. The van der Waals surface area contributed by atoms with Gasteiger partial charge < -0.3 is 20.5 Å². The average Bonchev–Trinajstić information content (AvgIpc) is 3.65. The summed E-state index contributed by atoms with van der Waals surface area (Å²) in [5, 5.41) is 3.25. The highest BCUT2D eigenvalue weighted by molar-refractivity contribution is 5.99. The summed E-state index contributed by atoms with van der Waals surface area (Å²) in [4.78, 5) is 32.8. The molecule has 2 aromatic carbocycles. The molecule has 8 nitrogen and oxygen atoms in total. The molecule has 0 spiro atoms. The van der Waals surface area contributed by atoms with Crippen LogP contribution in [-0.2, 0) is 11.3 Å². The van der Waals surface area contributed by atoms with Crippen LogP contribution in [0.3, 0.4) is 0 Å². The summed E-state index contributed by atoms with van der Waals surface area (Å²) < 4.78 is 11.9. The van der Waals surface area contributed by atoms with E-state index in [1.807, 2.05) is 13.8 Å². The monoisotopic (exact) mass is 502 g/mol. The number of nitrogens with zero attached hydrogens (tertiary/aromatic N) is 2. The highest BCUT2D eigenvalue weighted by Gasteiger charge is 2.40. The maximum atomic E-state index is 13.5. The predicted molar refractivity (Wildman–Crippen MR) is 140 cm³/mol. The number of nitrogens with two attached hydrogens (primary N) is 1. The number of amides is 2. The SMILES string of the molecule is CCOc1ccc2cc1CN1C(=O)CC(CCC3CC3c3ccc4c(c3)C(CC(C)O4)NC2=O)N=C1N. The van der Waals surface area contributed by atoms with Crippen LogP contribution in [0, 0.1) is 5.92 Å². The van der Waals surface area contributed by atoms with Crippen LogP contribution >= 0.6 is 0 Å². The minimum atomic E-state index is -0.170. The number of nitrogens with one attached hydrogen (secondary N) is 1. The van der Waals surface area contributed by atoms with Gasteiger partial charge in [-0.05, 0) is 80.8 Å². The van der Waals surface area contributed by atoms with Crippen molar-refractivity contribution in [2.45, 2.75) is 76.6 Å². The third-order valence-corrected chi connectivity index (χ3v) is 8.09. The molecule has 2 aromatic rings. The third kappa shape index (κ3) is 4.65. The van der Waals surface area contributed by atoms with Crippen molar-refractivity contribution in [2.75, 3.05) is 6.61 Å². The van der Waals surface area contributed by atoms with E-state index in [9.17, 15) is 9.59 Å². The first-order valence-electron chi connectivity index (χ1n) is 13.4. The normalized spacial score (nSPS) is 28.8. The van der Waals surface area contributed by atoms with Crippen LogP contribution in [0.4, 0.5) is 0 Å². The van der Waals surface area contributed by atoms with Crippen LogP contribution in [-0.4, -0.2) is 41.4 Å². The number of carbonyl (C=O) groups excluding carboxylic acids is 2. The van der Waals surface area contributed by atoms with Gasteiger partial charge in [0, 0.05) is 29.5 Å². The second-order valence-electron chi connectivity index (χ2n) is 10.7. The Morgan fingerprint density at radius 2 is 2.03 bits per heavy atom. The molecule has 5 atom stereocenters. The zero-order valence-electron chi connectivity index (χ0n) is 21.4. The van der Waals surface area contributed by atoms with Crippen molar-refractivity contribution in [1.82, 2.24) is 10.2 Å². The minimum absolute atomic E-state index is 0.00250. The van der Waals surface area contributed by atoms with Crippen LogP contribution in [0.5, 0.6) is 11.5 Å². The number of hydrogen-bond acceptors (Lipinski definition) is 6. The standard InChI is InChI=1S/C29H34N4O4/c1-3-36-25-8-6-19-11-20(25)15-33-27(34)14-21(31-29(33)30)7-4-17-12-22(17)18-5-9-26-23(13-18)24(32-28(19)35)10-16(2)37-26/h5-6,8-9,11,13,16-17,21-22,24H,3-4,7,10,12,14-15H2,1-2H3,(H2,30,31)(H,32,35). The van der Waals surface area contributed by atoms with E-state index in [1.54, 1.807) is 18.2 Å². The summed E-state index contributed by atoms with van der Waals surface area (Å²) in [6, 6.07) is 11.6. The smallest absolute Gasteiger partial charge is 0.251 e. The van der Waals surface area contributed by atoms with Crippen molar-refractivity contribution in [3.05, 3.63) is 58.7 Å². The van der Waals surface area contributed by atoms with Gasteiger partial charge in [-0.15, -0.1) is 0 Å². The fourth-order valence-electron chi connectivity index (χ4n) is 6.05. The Morgan fingerprint density at radius 3 is 2.84 bits per heavy atom. The second kappa shape index (κ2) is 9.39. The summed E-state index contributed by atoms with van der Waals surface area (Å²) in [5.41, 5.74) is 9.88. The van der Waals surface area contributed by atoms with E-state index in [1.165, 1.54) is 10.5 Å². The van der Waals surface area contributed by atoms with Crippen molar-refractivity contribution in [1.29, 1.82) is 0 Å². The van der Waals surface area contributed by atoms with Gasteiger partial charge in [0.1, 0.15) is 11.5 Å². The number of rotatable bonds is 2. The lowest BCUT2D eigenvalue weighted by Crippen LogP contribution is -2.46. The van der Waals surface area contributed by atoms with E-state index in [0.717, 1.165) is 36.1 Å². The zero-order valence-corrected chi connectivity index (χ0v) is 21.4. The number of hydrogen-bond donors (Lipinski definition) is 2. The van der Waals surface area contributed by atoms with Crippen molar-refractivity contribution >= 4 is 17.8 Å². The first-order valence-corrected chi connectivity index (χ1v) is 13.4. The van der Waals surface area contributed by atoms with E-state index in [4.69, 9.17) is 15.2 Å². The number of fused-ring (bicyclic) bond motifs is 3. The minimum Gasteiger partial charge on any atom is -0.494 e. The molecule has 37 heavy (non-hydrogen) atoms. The van der Waals surface area contributed by atoms with Crippen LogP contribution in [0.1, 0.15) is 85.0 Å². The average molecular weight is 503 g/mol. The van der Waals surface area contributed by atoms with Gasteiger partial charge >= 0.3 is 0 Å². The molecule has 5 aliphatic rings. The molecule has 1 fully saturated rings. The van der Waals surface area contributed by atoms with Gasteiger partial charge in [-0.3, -0.25) is 14.5 Å². The maximum absolute atomic E-state index is 13.5. The van der Waals surface area contributed by atoms with Gasteiger partial charge in [0.05, 0.1) is 31.3 Å². The third-order valence-electron chi connectivity index (χ3n) is 8.09. The molecular formula is C29H34N4O4. The van der Waals surface area contributed by atoms with Gasteiger partial charge in [-0.2, -0.15) is 0 Å². The van der Waals surface area contributed by atoms with Gasteiger partial charge in [0.25, 0.3) is 5.91 Å². The van der Waals surface area contributed by atoms with E-state index in [-0.39, 0.29) is 42.5 Å². The Hall–Kier alpha value is -3.55. The van der Waals surface area contributed by atoms with Crippen LogP contribution in [0.25, 0.3) is 0 Å². The fourth-order valence-corrected chi connectivity index (χ4v) is 6.05. The van der Waals surface area contributed by atoms with Crippen LogP contribution in [0.2, 0.25) is 0 Å². The van der Waals surface area contributed by atoms with Crippen LogP contribution in [0.15, 0.2) is 41.4 Å². The molecule has 3 N–H and O–H groups in total. The van der Waals surface area contributed by atoms with Gasteiger partial charge in [0.2, 0.25) is 5.91 Å². The lowest BCUT2D eigenvalue weighted by Gasteiger charge is -2.32. The van der Waals surface area contributed by atoms with Crippen molar-refractivity contribution in [2.24, 2.45) is 16.6 Å². The predicted octanol–water partition coefficient (Wildman–Crippen LogP) is 4.04. The Bertz CT molecular complexity index is 1270. The molecule has 0 radical (unpaired) electrons. The first-order chi connectivity index (χ1) is 17.9. The van der Waals surface area contributed by atoms with E-state index < -0.39 is 0 Å². The molecule has 8 heteroatoms. The van der Waals surface area contributed by atoms with Gasteiger partial charge in [-0.25, -0.2) is 4.99 Å². The molecule has 4 aliphatic heterocycles. The second-order valence-corrected chi connectivity index (χ2v) is 10.7. The summed E-state index contributed by atoms with van der Waals surface area (Å²) in [7, 11) is 0. The van der Waals surface area contributed by atoms with Crippen molar-refractivity contribution in [3.8, 4) is 11.5 Å². The number of ether oxygens (including phenoxy) is 2. The van der Waals surface area contributed by atoms with Gasteiger partial charge in [-0.1, -0.05) is 6.07 Å². The van der Waals surface area contributed by atoms with Gasteiger partial charge in [0.15, 0.2) is 5.96 Å². The highest BCUT2D eigenvalue weighted by Crippen LogP contribution is 2.52. The zero-order chi connectivity index (χ0) is 25.7. The lowest BCUT2D eigenvalue weighted by atomic mass is 9.93. The summed E-state index contributed by atoms with van der Waals surface area (Å²) in [6.45, 7) is 4.62. The first kappa shape index (κ1) is 23.8. The Balaban J connectivity index is 1.39. The van der Waals surface area contributed by atoms with Crippen LogP contribution < -0.4 is 20.5 Å². The molecule has 0 saturated heterocycles. The number of carbonyl (C=O) groups is 2. The topological polar surface area (TPSA) is 106 Å². The summed E-state index contributed by atoms with van der Waals surface area (Å²) in [6.07, 6.45) is 4.05. The molecule has 1 saturated carbocycles. The molecule has 1 aliphatic carbocycles. The molecule has 5 unspecified atom stereocenters. The molecule has 0 aromatic heterocycles. The lowest BCUT2D eigenvalue weighted by molar-refractivity contribution is -0.129. The quantitative estimate of drug-likeness (QED) is 0.645. The number of guanidine groups is 1. The molecule has 7 rings (SSSR count). The molecule has 194 valence electrons. The fraction of sp³-hybridized carbons (Fsp3) is 0.483. The van der Waals surface area contributed by atoms with Crippen molar-refractivity contribution in [3.63, 3.8) is 0 Å². The molecule has 4 heterocycles. The maximum Gasteiger partial charge on any atom is 0.251 e. The Kier molecular flexibility index (Phi) is 6.05. The summed E-state index contributed by atoms with van der Waals surface area (Å²) >= 11 is 0. The Labute approximate surface area is 217 Å². The number of aliphatic imine (C=N–C) groups is 1. The van der Waals surface area contributed by atoms with E-state index in [0.29, 0.717) is 42.6 Å². The molecular weight excluding hydrogens is 468 g/mol. The summed E-state index contributed by atoms with van der Waals surface area (Å²) in [5.74, 6) is 2.57. The largest absolute Gasteiger partial charge is 0.494 e. The molecule has 2 amide bonds. The molecule has 6 bridgehead atoms. The van der Waals surface area contributed by atoms with Crippen molar-refractivity contribution < 1.29 is 19.1 Å². The number of benzene rings is 2. The van der Waals surface area contributed by atoms with E-state index >= 15 is 0 Å². The Morgan fingerprint density at radius 1 is 1.16 bits per heavy atom.